The number of hydrogen-bond donors (Lipinski definition) is 2. The van der Waals surface area contributed by atoms with E-state index in [2.05, 4.69) is 33.0 Å². The van der Waals surface area contributed by atoms with Crippen molar-refractivity contribution in [3.8, 4) is 5.75 Å². The fraction of sp³-hybridized carbons (Fsp3) is 0.333. The molecule has 1 aromatic heterocycles. The Morgan fingerprint density at radius 1 is 1.42 bits per heavy atom. The lowest BCUT2D eigenvalue weighted by atomic mass is 10.2. The number of sulfone groups is 1. The predicted molar refractivity (Wildman–Crippen MR) is 98.8 cm³/mol. The van der Waals surface area contributed by atoms with Crippen molar-refractivity contribution in [1.82, 2.24) is 9.78 Å². The highest BCUT2D eigenvalue weighted by atomic mass is 127. The Hall–Kier alpha value is -1.62. The molecule has 2 aromatic rings. The number of halogens is 1. The molecule has 1 aromatic carbocycles. The van der Waals surface area contributed by atoms with Gasteiger partial charge in [0.05, 0.1) is 32.6 Å². The molecular formula is C15H18IN3O4S. The fourth-order valence-electron chi connectivity index (χ4n) is 2.04. The number of carbonyl (C=O) groups is 1. The molecular weight excluding hydrogens is 445 g/mol. The SMILES string of the molecule is CCS(=O)(=O)c1ccc(O)c(NC(=O)CCn2ncc(I)c2C)c1. The molecule has 0 aliphatic carbocycles. The number of aromatic hydroxyl groups is 1. The molecule has 0 radical (unpaired) electrons. The van der Waals surface area contributed by atoms with Crippen LogP contribution in [0.2, 0.25) is 0 Å². The number of aryl methyl sites for hydroxylation is 1. The van der Waals surface area contributed by atoms with Crippen LogP contribution >= 0.6 is 22.6 Å². The number of phenolic OH excluding ortho intramolecular Hbond substituents is 1. The van der Waals surface area contributed by atoms with Crippen molar-refractivity contribution < 1.29 is 18.3 Å². The Balaban J connectivity index is 2.08. The summed E-state index contributed by atoms with van der Waals surface area (Å²) in [5, 5.41) is 16.5. The predicted octanol–water partition coefficient (Wildman–Crippen LogP) is 2.32. The van der Waals surface area contributed by atoms with E-state index in [4.69, 9.17) is 0 Å². The van der Waals surface area contributed by atoms with Crippen LogP contribution in [0.4, 0.5) is 5.69 Å². The standard InChI is InChI=1S/C15H18IN3O4S/c1-3-24(22,23)11-4-5-14(20)13(8-11)18-15(21)6-7-19-10(2)12(16)9-17-19/h4-5,8-9,20H,3,6-7H2,1-2H3,(H,18,21). The van der Waals surface area contributed by atoms with Crippen molar-refractivity contribution in [3.63, 3.8) is 0 Å². The van der Waals surface area contributed by atoms with Gasteiger partial charge in [-0.15, -0.1) is 0 Å². The summed E-state index contributed by atoms with van der Waals surface area (Å²) in [5.41, 5.74) is 1.06. The molecule has 0 unspecified atom stereocenters. The fourth-order valence-corrected chi connectivity index (χ4v) is 3.35. The Morgan fingerprint density at radius 3 is 2.71 bits per heavy atom. The number of phenols is 1. The van der Waals surface area contributed by atoms with Gasteiger partial charge in [-0.1, -0.05) is 6.92 Å². The van der Waals surface area contributed by atoms with Crippen molar-refractivity contribution in [3.05, 3.63) is 33.7 Å². The van der Waals surface area contributed by atoms with Crippen LogP contribution in [0, 0.1) is 10.5 Å². The van der Waals surface area contributed by atoms with Gasteiger partial charge in [0.1, 0.15) is 5.75 Å². The third kappa shape index (κ3) is 4.26. The Kier molecular flexibility index (Phi) is 5.86. The molecule has 2 N–H and O–H groups in total. The first kappa shape index (κ1) is 18.7. The maximum Gasteiger partial charge on any atom is 0.226 e. The van der Waals surface area contributed by atoms with Crippen LogP contribution in [-0.2, 0) is 21.2 Å². The van der Waals surface area contributed by atoms with Gasteiger partial charge < -0.3 is 10.4 Å². The lowest BCUT2D eigenvalue weighted by Gasteiger charge is -2.10. The number of aromatic nitrogens is 2. The highest BCUT2D eigenvalue weighted by Gasteiger charge is 2.15. The third-order valence-corrected chi connectivity index (χ3v) is 6.37. The van der Waals surface area contributed by atoms with Crippen LogP contribution in [0.5, 0.6) is 5.75 Å². The van der Waals surface area contributed by atoms with Gasteiger partial charge in [-0.3, -0.25) is 9.48 Å². The van der Waals surface area contributed by atoms with E-state index in [0.29, 0.717) is 6.54 Å². The molecule has 0 saturated heterocycles. The number of carbonyl (C=O) groups excluding carboxylic acids is 1. The Morgan fingerprint density at radius 2 is 2.12 bits per heavy atom. The molecule has 130 valence electrons. The molecule has 24 heavy (non-hydrogen) atoms. The summed E-state index contributed by atoms with van der Waals surface area (Å²) in [5.74, 6) is -0.563. The summed E-state index contributed by atoms with van der Waals surface area (Å²) < 4.78 is 26.5. The minimum atomic E-state index is -3.41. The molecule has 0 bridgehead atoms. The molecule has 0 aliphatic rings. The maximum atomic E-state index is 12.1. The van der Waals surface area contributed by atoms with Gasteiger partial charge in [-0.05, 0) is 47.7 Å². The van der Waals surface area contributed by atoms with E-state index < -0.39 is 9.84 Å². The van der Waals surface area contributed by atoms with Crippen LogP contribution in [0.15, 0.2) is 29.3 Å². The molecule has 0 saturated carbocycles. The zero-order valence-electron chi connectivity index (χ0n) is 13.3. The lowest BCUT2D eigenvalue weighted by Crippen LogP contribution is -2.16. The quantitative estimate of drug-likeness (QED) is 0.506. The van der Waals surface area contributed by atoms with Crippen molar-refractivity contribution in [2.45, 2.75) is 31.7 Å². The number of benzene rings is 1. The molecule has 1 amide bonds. The van der Waals surface area contributed by atoms with Crippen LogP contribution < -0.4 is 5.32 Å². The number of hydrogen-bond acceptors (Lipinski definition) is 5. The molecule has 1 heterocycles. The van der Waals surface area contributed by atoms with E-state index in [1.165, 1.54) is 25.1 Å². The zero-order valence-corrected chi connectivity index (χ0v) is 16.3. The van der Waals surface area contributed by atoms with Crippen LogP contribution in [0.3, 0.4) is 0 Å². The number of amides is 1. The van der Waals surface area contributed by atoms with Crippen molar-refractivity contribution in [2.24, 2.45) is 0 Å². The summed E-state index contributed by atoms with van der Waals surface area (Å²) in [6, 6.07) is 3.85. The highest BCUT2D eigenvalue weighted by Crippen LogP contribution is 2.27. The minimum absolute atomic E-state index is 0.0532. The van der Waals surface area contributed by atoms with Crippen molar-refractivity contribution >= 4 is 44.0 Å². The Bertz CT molecular complexity index is 862. The van der Waals surface area contributed by atoms with E-state index in [1.54, 1.807) is 10.9 Å². The number of nitrogens with one attached hydrogen (secondary N) is 1. The molecule has 0 atom stereocenters. The van der Waals surface area contributed by atoms with Crippen molar-refractivity contribution in [2.75, 3.05) is 11.1 Å². The smallest absolute Gasteiger partial charge is 0.226 e. The second-order valence-electron chi connectivity index (χ2n) is 5.18. The molecule has 0 spiro atoms. The normalized spacial score (nSPS) is 11.5. The Labute approximate surface area is 154 Å². The summed E-state index contributed by atoms with van der Waals surface area (Å²) in [4.78, 5) is 12.1. The molecule has 0 fully saturated rings. The largest absolute Gasteiger partial charge is 0.506 e. The van der Waals surface area contributed by atoms with Gasteiger partial charge in [0.2, 0.25) is 5.91 Å². The average Bonchev–Trinajstić information content (AvgIpc) is 2.86. The summed E-state index contributed by atoms with van der Waals surface area (Å²) >= 11 is 2.17. The van der Waals surface area contributed by atoms with Crippen molar-refractivity contribution in [1.29, 1.82) is 0 Å². The van der Waals surface area contributed by atoms with E-state index in [9.17, 15) is 18.3 Å². The van der Waals surface area contributed by atoms with Crippen LogP contribution in [0.25, 0.3) is 0 Å². The van der Waals surface area contributed by atoms with E-state index >= 15 is 0 Å². The monoisotopic (exact) mass is 463 g/mol. The van der Waals surface area contributed by atoms with Gasteiger partial charge >= 0.3 is 0 Å². The first-order chi connectivity index (χ1) is 11.2. The summed E-state index contributed by atoms with van der Waals surface area (Å²) in [6.45, 7) is 3.85. The highest BCUT2D eigenvalue weighted by molar-refractivity contribution is 14.1. The topological polar surface area (TPSA) is 101 Å². The number of rotatable bonds is 6. The van der Waals surface area contributed by atoms with Gasteiger partial charge in [-0.2, -0.15) is 5.10 Å². The first-order valence-electron chi connectivity index (χ1n) is 7.28. The summed E-state index contributed by atoms with van der Waals surface area (Å²) in [7, 11) is -3.41. The lowest BCUT2D eigenvalue weighted by molar-refractivity contribution is -0.116. The number of nitrogens with zero attached hydrogens (tertiary/aromatic N) is 2. The summed E-state index contributed by atoms with van der Waals surface area (Å²) in [6.07, 6.45) is 1.88. The third-order valence-electron chi connectivity index (χ3n) is 3.58. The maximum absolute atomic E-state index is 12.1. The van der Waals surface area contributed by atoms with Gasteiger partial charge in [-0.25, -0.2) is 8.42 Å². The van der Waals surface area contributed by atoms with E-state index in [-0.39, 0.29) is 34.4 Å². The number of anilines is 1. The first-order valence-corrected chi connectivity index (χ1v) is 10.0. The molecule has 0 aliphatic heterocycles. The average molecular weight is 463 g/mol. The van der Waals surface area contributed by atoms with Gasteiger partial charge in [0, 0.05) is 12.1 Å². The molecule has 2 rings (SSSR count). The zero-order chi connectivity index (χ0) is 17.9. The van der Waals surface area contributed by atoms with Gasteiger partial charge in [0.25, 0.3) is 0 Å². The second-order valence-corrected chi connectivity index (χ2v) is 8.62. The van der Waals surface area contributed by atoms with Crippen LogP contribution in [0.1, 0.15) is 19.0 Å². The van der Waals surface area contributed by atoms with Gasteiger partial charge in [0.15, 0.2) is 9.84 Å². The van der Waals surface area contributed by atoms with E-state index in [0.717, 1.165) is 9.26 Å². The minimum Gasteiger partial charge on any atom is -0.506 e. The second kappa shape index (κ2) is 7.51. The molecule has 7 nitrogen and oxygen atoms in total. The van der Waals surface area contributed by atoms with E-state index in [1.807, 2.05) is 6.92 Å². The van der Waals surface area contributed by atoms with Crippen LogP contribution in [-0.4, -0.2) is 35.0 Å². The molecule has 9 heteroatoms.